The summed E-state index contributed by atoms with van der Waals surface area (Å²) in [7, 11) is 1.75. The van der Waals surface area contributed by atoms with Gasteiger partial charge in [0.15, 0.2) is 0 Å². The normalized spacial score (nSPS) is 11.3. The van der Waals surface area contributed by atoms with Gasteiger partial charge >= 0.3 is 0 Å². The molecular formula is C35H39BN2Si. The number of hydrogen-bond donors (Lipinski definition) is 0. The smallest absolute Gasteiger partial charge is 0.116 e. The van der Waals surface area contributed by atoms with Crippen molar-refractivity contribution in [2.45, 2.75) is 36.3 Å². The van der Waals surface area contributed by atoms with Crippen molar-refractivity contribution in [2.24, 2.45) is 0 Å². The van der Waals surface area contributed by atoms with Crippen LogP contribution in [0.5, 0.6) is 0 Å². The first-order valence-corrected chi connectivity index (χ1v) is 15.8. The van der Waals surface area contributed by atoms with Crippen molar-refractivity contribution in [3.05, 3.63) is 175 Å². The average Bonchev–Trinajstić information content (AvgIpc) is 3.56. The van der Waals surface area contributed by atoms with E-state index in [9.17, 15) is 0 Å². The van der Waals surface area contributed by atoms with E-state index in [1.165, 1.54) is 41.1 Å². The van der Waals surface area contributed by atoms with E-state index in [0.29, 0.717) is 5.82 Å². The van der Waals surface area contributed by atoms with Gasteiger partial charge in [-0.15, -0.1) is 6.58 Å². The fourth-order valence-electron chi connectivity index (χ4n) is 5.32. The monoisotopic (exact) mass is 526 g/mol. The van der Waals surface area contributed by atoms with Crippen molar-refractivity contribution in [1.82, 2.24) is 9.55 Å². The molecule has 0 aliphatic heterocycles. The molecule has 0 aliphatic carbocycles. The molecule has 2 nitrogen and oxygen atoms in total. The minimum atomic E-state index is -0.486. The van der Waals surface area contributed by atoms with E-state index in [1.54, 1.807) is 0 Å². The molecule has 5 aromatic rings. The van der Waals surface area contributed by atoms with E-state index in [1.807, 2.05) is 18.6 Å². The molecule has 0 unspecified atom stereocenters. The number of aromatic nitrogens is 2. The van der Waals surface area contributed by atoms with Crippen LogP contribution in [0.2, 0.25) is 6.04 Å². The number of allylic oxidation sites excluding steroid dienone is 1. The third-order valence-corrected chi connectivity index (χ3v) is 10.3. The molecule has 0 fully saturated rings. The number of benzene rings is 4. The van der Waals surface area contributed by atoms with Gasteiger partial charge in [0, 0.05) is 12.4 Å². The average molecular weight is 527 g/mol. The Morgan fingerprint density at radius 1 is 0.744 bits per heavy atom. The number of hydrogen-bond acceptors (Lipinski definition) is 1. The zero-order chi connectivity index (χ0) is 27.2. The maximum absolute atomic E-state index is 4.37. The van der Waals surface area contributed by atoms with Crippen molar-refractivity contribution in [2.75, 3.05) is 0 Å². The van der Waals surface area contributed by atoms with Gasteiger partial charge in [-0.2, -0.15) is 0 Å². The number of nitrogens with zero attached hydrogens (tertiary/aromatic N) is 2. The van der Waals surface area contributed by atoms with Gasteiger partial charge in [-0.05, 0) is 34.5 Å². The fraction of sp³-hybridized carbons (Fsp3) is 0.171. The number of unbranched alkanes of at least 4 members (excludes halogenated alkanes) is 2. The molecule has 0 spiro atoms. The van der Waals surface area contributed by atoms with E-state index >= 15 is 0 Å². The molecule has 0 aliphatic rings. The Labute approximate surface area is 237 Å². The Bertz CT molecular complexity index is 1260. The summed E-state index contributed by atoms with van der Waals surface area (Å²) in [5.41, 5.74) is 5.49. The highest BCUT2D eigenvalue weighted by Gasteiger charge is 2.35. The summed E-state index contributed by atoms with van der Waals surface area (Å²) >= 11 is 0. The largest absolute Gasteiger partial charge is 0.327 e. The molecule has 1 aromatic heterocycles. The summed E-state index contributed by atoms with van der Waals surface area (Å²) < 4.78 is 2.33. The van der Waals surface area contributed by atoms with Gasteiger partial charge in [0.05, 0.1) is 21.0 Å². The van der Waals surface area contributed by atoms with Gasteiger partial charge in [0.2, 0.25) is 0 Å². The van der Waals surface area contributed by atoms with Gasteiger partial charge in [-0.25, -0.2) is 4.98 Å². The van der Waals surface area contributed by atoms with Crippen LogP contribution in [0.15, 0.2) is 153 Å². The maximum atomic E-state index is 4.37. The van der Waals surface area contributed by atoms with Crippen LogP contribution in [0, 0.1) is 0 Å². The second-order valence-corrected chi connectivity index (χ2v) is 12.2. The SMILES string of the molecule is BC(c1ccccc1)c1ccccc1.C=CCCCC[SiH2]C(c1ccccc1)(c1ccccc1)n1ccnc1. The lowest BCUT2D eigenvalue weighted by atomic mass is 9.76. The van der Waals surface area contributed by atoms with Crippen molar-refractivity contribution in [3.63, 3.8) is 0 Å². The van der Waals surface area contributed by atoms with Crippen LogP contribution in [0.25, 0.3) is 0 Å². The van der Waals surface area contributed by atoms with Gasteiger partial charge in [-0.1, -0.05) is 146 Å². The second kappa shape index (κ2) is 14.9. The number of imidazole rings is 1. The molecule has 196 valence electrons. The highest BCUT2D eigenvalue weighted by atomic mass is 28.2. The molecule has 0 atom stereocenters. The molecule has 39 heavy (non-hydrogen) atoms. The lowest BCUT2D eigenvalue weighted by Crippen LogP contribution is -2.41. The fourth-order valence-corrected chi connectivity index (χ4v) is 7.93. The molecule has 0 bridgehead atoms. The number of rotatable bonds is 11. The molecule has 0 amide bonds. The van der Waals surface area contributed by atoms with Crippen LogP contribution in [-0.2, 0) is 5.16 Å². The lowest BCUT2D eigenvalue weighted by Gasteiger charge is -2.37. The standard InChI is InChI=1S/C22H26N2Si.C13H13B/c1-2-3-4-11-18-25-22(24-17-16-23-19-24,20-12-7-5-8-13-20)21-14-9-6-10-15-21;14-13(11-7-3-1-4-8-11)12-9-5-2-6-10-12/h2,5-10,12-17,19H,1,3-4,11,18,25H2;1-10,13H,14H2. The highest BCUT2D eigenvalue weighted by Crippen LogP contribution is 2.34. The minimum Gasteiger partial charge on any atom is -0.327 e. The molecule has 0 radical (unpaired) electrons. The van der Waals surface area contributed by atoms with Crippen LogP contribution in [0.1, 0.15) is 47.3 Å². The molecule has 0 saturated carbocycles. The Morgan fingerprint density at radius 2 is 1.23 bits per heavy atom. The highest BCUT2D eigenvalue weighted by molar-refractivity contribution is 6.41. The van der Waals surface area contributed by atoms with Gasteiger partial charge < -0.3 is 4.57 Å². The first-order valence-electron chi connectivity index (χ1n) is 14.1. The Kier molecular flexibility index (Phi) is 10.7. The third-order valence-electron chi connectivity index (χ3n) is 7.49. The molecule has 5 rings (SSSR count). The molecule has 1 heterocycles. The predicted octanol–water partition coefficient (Wildman–Crippen LogP) is 6.99. The first kappa shape index (κ1) is 28.1. The topological polar surface area (TPSA) is 17.8 Å². The molecule has 4 aromatic carbocycles. The van der Waals surface area contributed by atoms with E-state index in [-0.39, 0.29) is 5.16 Å². The Hall–Kier alpha value is -3.89. The predicted molar refractivity (Wildman–Crippen MR) is 172 cm³/mol. The Balaban J connectivity index is 0.000000212. The molecule has 4 heteroatoms. The molecule has 0 saturated heterocycles. The lowest BCUT2D eigenvalue weighted by molar-refractivity contribution is 0.588. The van der Waals surface area contributed by atoms with Gasteiger partial charge in [-0.3, -0.25) is 0 Å². The summed E-state index contributed by atoms with van der Waals surface area (Å²) in [6.07, 6.45) is 11.6. The van der Waals surface area contributed by atoms with Gasteiger partial charge in [0.25, 0.3) is 0 Å². The quantitative estimate of drug-likeness (QED) is 0.103. The van der Waals surface area contributed by atoms with Crippen molar-refractivity contribution >= 4 is 17.4 Å². The van der Waals surface area contributed by atoms with Crippen molar-refractivity contribution in [1.29, 1.82) is 0 Å². The minimum absolute atomic E-state index is 0.0762. The summed E-state index contributed by atoms with van der Waals surface area (Å²) in [5.74, 6) is 0.484. The van der Waals surface area contributed by atoms with Crippen LogP contribution < -0.4 is 0 Å². The van der Waals surface area contributed by atoms with Crippen LogP contribution in [0.4, 0.5) is 0 Å². The zero-order valence-corrected chi connectivity index (χ0v) is 24.5. The van der Waals surface area contributed by atoms with E-state index in [0.717, 1.165) is 6.42 Å². The van der Waals surface area contributed by atoms with Crippen LogP contribution in [-0.4, -0.2) is 26.9 Å². The molecule has 0 N–H and O–H groups in total. The molecular weight excluding hydrogens is 487 g/mol. The van der Waals surface area contributed by atoms with E-state index in [4.69, 9.17) is 0 Å². The zero-order valence-electron chi connectivity index (χ0n) is 23.1. The summed E-state index contributed by atoms with van der Waals surface area (Å²) in [4.78, 5) is 4.37. The van der Waals surface area contributed by atoms with Crippen molar-refractivity contribution in [3.8, 4) is 0 Å². The first-order chi connectivity index (χ1) is 19.3. The second-order valence-electron chi connectivity index (χ2n) is 9.99. The van der Waals surface area contributed by atoms with E-state index in [2.05, 4.69) is 152 Å². The van der Waals surface area contributed by atoms with Crippen molar-refractivity contribution < 1.29 is 0 Å². The maximum Gasteiger partial charge on any atom is 0.116 e. The summed E-state index contributed by atoms with van der Waals surface area (Å²) in [5, 5.41) is -0.0762. The summed E-state index contributed by atoms with van der Waals surface area (Å²) in [6, 6.07) is 44.4. The third kappa shape index (κ3) is 7.36. The van der Waals surface area contributed by atoms with Crippen LogP contribution in [0.3, 0.4) is 0 Å². The Morgan fingerprint density at radius 3 is 1.67 bits per heavy atom. The van der Waals surface area contributed by atoms with Crippen LogP contribution >= 0.6 is 0 Å². The van der Waals surface area contributed by atoms with Gasteiger partial charge in [0.1, 0.15) is 7.85 Å². The summed E-state index contributed by atoms with van der Waals surface area (Å²) in [6.45, 7) is 3.84. The van der Waals surface area contributed by atoms with E-state index < -0.39 is 9.52 Å².